The average Bonchev–Trinajstić information content (AvgIpc) is 2.18. The van der Waals surface area contributed by atoms with E-state index in [1.165, 1.54) is 20.8 Å². The van der Waals surface area contributed by atoms with E-state index in [0.29, 0.717) is 0 Å². The molecule has 26 heavy (non-hydrogen) atoms. The van der Waals surface area contributed by atoms with Crippen molar-refractivity contribution in [2.24, 2.45) is 0 Å². The summed E-state index contributed by atoms with van der Waals surface area (Å²) in [6.07, 6.45) is -3.69. The second-order valence-corrected chi connectivity index (χ2v) is 3.04. The Morgan fingerprint density at radius 2 is 0.615 bits per heavy atom. The fourth-order valence-corrected chi connectivity index (χ4v) is 0. The van der Waals surface area contributed by atoms with Crippen molar-refractivity contribution in [1.82, 2.24) is 0 Å². The van der Waals surface area contributed by atoms with Crippen molar-refractivity contribution in [1.29, 1.82) is 0 Å². The minimum atomic E-state index is -1.23. The number of carboxylic acid groups (broad SMARTS) is 3. The molecule has 0 saturated heterocycles. The summed E-state index contributed by atoms with van der Waals surface area (Å²) < 4.78 is 0. The maximum absolute atomic E-state index is 9.45. The van der Waals surface area contributed by atoms with Gasteiger partial charge in [0.25, 0.3) is 0 Å². The maximum atomic E-state index is 9.45. The molecule has 9 nitrogen and oxygen atoms in total. The molecule has 130 valence electrons. The molecule has 0 aromatic heterocycles. The van der Waals surface area contributed by atoms with E-state index in [0.717, 1.165) is 0 Å². The van der Waals surface area contributed by atoms with Crippen molar-refractivity contribution in [3.63, 3.8) is 0 Å². The van der Waals surface area contributed by atoms with Crippen LogP contribution in [0.5, 0.6) is 0 Å². The van der Waals surface area contributed by atoms with Crippen molar-refractivity contribution in [2.45, 2.75) is 39.1 Å². The Bertz CT molecular complexity index is 269. The molecule has 0 heterocycles. The molecule has 0 rings (SSSR count). The quantitative estimate of drug-likeness (QED) is 0.177. The predicted octanol–water partition coefficient (Wildman–Crippen LogP) is -16.1. The summed E-state index contributed by atoms with van der Waals surface area (Å²) in [7, 11) is 0. The van der Waals surface area contributed by atoms with Crippen LogP contribution < -0.4 is 213 Å². The first kappa shape index (κ1) is 69.9. The van der Waals surface area contributed by atoms with Gasteiger partial charge in [-0.2, -0.15) is 0 Å². The number of hydrogen-bond donors (Lipinski definition) is 6. The van der Waals surface area contributed by atoms with Gasteiger partial charge in [0.1, 0.15) is 18.3 Å². The molecule has 0 amide bonds. The van der Waals surface area contributed by atoms with Crippen LogP contribution in [0.1, 0.15) is 27.9 Å². The molecule has 0 radical (unpaired) electrons. The second kappa shape index (κ2) is 49.5. The third-order valence-electron chi connectivity index (χ3n) is 1.07. The van der Waals surface area contributed by atoms with E-state index in [9.17, 15) is 14.4 Å². The fourth-order valence-electron chi connectivity index (χ4n) is 0. The molecule has 0 aliphatic heterocycles. The van der Waals surface area contributed by atoms with E-state index in [2.05, 4.69) is 0 Å². The normalized spacial score (nSPS) is 9.46. The Labute approximate surface area is 377 Å². The largest absolute Gasteiger partial charge is 1.00 e. The molecule has 0 aromatic carbocycles. The van der Waals surface area contributed by atoms with Gasteiger partial charge in [-0.3, -0.25) is 0 Å². The number of carboxylic acids is 3. The SMILES string of the molecule is CC(O)C(=O)O.CC(O)C(=O)O.CC(O)C(=O)O.[H-].[H-].[H-].[H-].[H-].[K+].[K+].[K+].[Na+].[Na+].[Ti].[Ti].[Ti]. The van der Waals surface area contributed by atoms with Gasteiger partial charge in [-0.1, -0.05) is 0 Å². The summed E-state index contributed by atoms with van der Waals surface area (Å²) in [6, 6.07) is 0. The molecule has 0 spiro atoms. The number of rotatable bonds is 3. The van der Waals surface area contributed by atoms with Gasteiger partial charge in [-0.15, -0.1) is 0 Å². The summed E-state index contributed by atoms with van der Waals surface area (Å²) >= 11 is 0. The van der Waals surface area contributed by atoms with Gasteiger partial charge < -0.3 is 37.8 Å². The molecule has 3 atom stereocenters. The zero-order valence-corrected chi connectivity index (χ0v) is 34.7. The van der Waals surface area contributed by atoms with Crippen molar-refractivity contribution in [3.8, 4) is 0 Å². The van der Waals surface area contributed by atoms with Crippen molar-refractivity contribution >= 4 is 17.9 Å². The van der Waals surface area contributed by atoms with Crippen molar-refractivity contribution < 1.29 is 331 Å². The topological polar surface area (TPSA) is 173 Å². The number of aliphatic hydroxyl groups is 3. The summed E-state index contributed by atoms with van der Waals surface area (Å²) in [5.74, 6) is -3.56. The van der Waals surface area contributed by atoms with Gasteiger partial charge in [0.15, 0.2) is 0 Å². The van der Waals surface area contributed by atoms with E-state index in [1.807, 2.05) is 0 Å². The van der Waals surface area contributed by atoms with E-state index < -0.39 is 36.2 Å². The van der Waals surface area contributed by atoms with E-state index in [1.54, 1.807) is 0 Å². The Hall–Kier alpha value is 7.34. The number of hydrogen-bond acceptors (Lipinski definition) is 6. The average molecular weight is 582 g/mol. The number of aliphatic carboxylic acids is 3. The van der Waals surface area contributed by atoms with Gasteiger partial charge in [0.05, 0.1) is 0 Å². The van der Waals surface area contributed by atoms with Crippen LogP contribution >= 0.6 is 0 Å². The fraction of sp³-hybridized carbons (Fsp3) is 0.667. The summed E-state index contributed by atoms with van der Waals surface area (Å²) in [5.41, 5.74) is 0. The molecule has 0 aliphatic carbocycles. The zero-order valence-electron chi connectivity index (χ0n) is 21.6. The molecule has 6 N–H and O–H groups in total. The van der Waals surface area contributed by atoms with Gasteiger partial charge in [-0.25, -0.2) is 14.4 Å². The van der Waals surface area contributed by atoms with E-state index >= 15 is 0 Å². The van der Waals surface area contributed by atoms with Gasteiger partial charge in [0, 0.05) is 65.2 Å². The summed E-state index contributed by atoms with van der Waals surface area (Å²) in [5, 5.41) is 47.3. The second-order valence-electron chi connectivity index (χ2n) is 3.04. The van der Waals surface area contributed by atoms with E-state index in [-0.39, 0.29) is 286 Å². The minimum absolute atomic E-state index is 0. The van der Waals surface area contributed by atoms with Gasteiger partial charge >= 0.3 is 231 Å². The van der Waals surface area contributed by atoms with Crippen LogP contribution in [-0.2, 0) is 79.5 Å². The molecule has 0 saturated carbocycles. The Morgan fingerprint density at radius 3 is 0.615 bits per heavy atom. The maximum Gasteiger partial charge on any atom is 1.00 e. The van der Waals surface area contributed by atoms with Crippen molar-refractivity contribution in [2.75, 3.05) is 0 Å². The molecule has 0 fully saturated rings. The molecule has 0 aliphatic rings. The molecule has 0 aromatic rings. The standard InChI is InChI=1S/3C3H6O3.3K.2Na.3Ti.5H/c3*1-2(4)3(5)6;;;;;;;;;;;;;/h3*2,4H,1H3,(H,5,6);;;;;;;;;;;;;/q;;;5*+1;;;;5*-1. The number of aliphatic hydroxyl groups excluding tert-OH is 3. The Kier molecular flexibility index (Phi) is 133. The monoisotopic (exact) mass is 582 g/mol. The molecule has 0 bridgehead atoms. The van der Waals surface area contributed by atoms with E-state index in [4.69, 9.17) is 30.6 Å². The van der Waals surface area contributed by atoms with Crippen LogP contribution in [0.4, 0.5) is 0 Å². The zero-order chi connectivity index (χ0) is 15.5. The molecular formula is C9H23K3Na2O9Ti3. The van der Waals surface area contributed by atoms with Crippen LogP contribution in [0.25, 0.3) is 0 Å². The van der Waals surface area contributed by atoms with Gasteiger partial charge in [-0.05, 0) is 20.8 Å². The Morgan fingerprint density at radius 1 is 0.577 bits per heavy atom. The van der Waals surface area contributed by atoms with Crippen LogP contribution in [-0.4, -0.2) is 66.9 Å². The van der Waals surface area contributed by atoms with Crippen LogP contribution in [0.3, 0.4) is 0 Å². The molecule has 17 heteroatoms. The molecule has 3 unspecified atom stereocenters. The first-order valence-electron chi connectivity index (χ1n) is 4.66. The smallest absolute Gasteiger partial charge is 1.00 e. The summed E-state index contributed by atoms with van der Waals surface area (Å²) in [4.78, 5) is 28.3. The van der Waals surface area contributed by atoms with Crippen LogP contribution in [0, 0.1) is 0 Å². The number of carbonyl (C=O) groups is 3. The Balaban J connectivity index is -0.00000000643. The van der Waals surface area contributed by atoms with Crippen LogP contribution in [0.15, 0.2) is 0 Å². The summed E-state index contributed by atoms with van der Waals surface area (Å²) in [6.45, 7) is 3.59. The van der Waals surface area contributed by atoms with Gasteiger partial charge in [0.2, 0.25) is 0 Å². The minimum Gasteiger partial charge on any atom is -1.00 e. The first-order valence-corrected chi connectivity index (χ1v) is 4.66. The van der Waals surface area contributed by atoms with Crippen molar-refractivity contribution in [3.05, 3.63) is 0 Å². The predicted molar refractivity (Wildman–Crippen MR) is 63.5 cm³/mol. The third kappa shape index (κ3) is 77.1. The molecular weight excluding hydrogens is 559 g/mol. The first-order chi connectivity index (χ1) is 7.93. The van der Waals surface area contributed by atoms with Crippen LogP contribution in [0.2, 0.25) is 0 Å². The third-order valence-corrected chi connectivity index (χ3v) is 1.07.